The van der Waals surface area contributed by atoms with Gasteiger partial charge in [-0.25, -0.2) is 4.79 Å². The summed E-state index contributed by atoms with van der Waals surface area (Å²) >= 11 is 0. The monoisotopic (exact) mass is 239 g/mol. The predicted octanol–water partition coefficient (Wildman–Crippen LogP) is 1.36. The van der Waals surface area contributed by atoms with Gasteiger partial charge in [-0.05, 0) is 13.1 Å². The van der Waals surface area contributed by atoms with Crippen LogP contribution in [0, 0.1) is 10.1 Å². The van der Waals surface area contributed by atoms with Crippen molar-refractivity contribution >= 4 is 17.5 Å². The third-order valence-corrected chi connectivity index (χ3v) is 1.89. The van der Waals surface area contributed by atoms with Crippen molar-refractivity contribution < 1.29 is 14.5 Å². The Morgan fingerprint density at radius 3 is 2.94 bits per heavy atom. The zero-order valence-corrected chi connectivity index (χ0v) is 9.30. The maximum atomic E-state index is 11.2. The van der Waals surface area contributed by atoms with Gasteiger partial charge < -0.3 is 10.1 Å². The van der Waals surface area contributed by atoms with Gasteiger partial charge in [-0.1, -0.05) is 6.07 Å². The molecule has 0 unspecified atom stereocenters. The van der Waals surface area contributed by atoms with E-state index in [4.69, 9.17) is 4.74 Å². The van der Waals surface area contributed by atoms with Crippen molar-refractivity contribution in [1.29, 1.82) is 0 Å². The van der Waals surface area contributed by atoms with Gasteiger partial charge in [0.05, 0.1) is 10.6 Å². The van der Waals surface area contributed by atoms with Crippen LogP contribution in [0.4, 0.5) is 16.2 Å². The maximum Gasteiger partial charge on any atom is 0.411 e. The summed E-state index contributed by atoms with van der Waals surface area (Å²) in [4.78, 5) is 21.2. The van der Waals surface area contributed by atoms with Gasteiger partial charge in [-0.15, -0.1) is 0 Å². The topological polar surface area (TPSA) is 93.5 Å². The highest BCUT2D eigenvalue weighted by atomic mass is 16.6. The zero-order chi connectivity index (χ0) is 12.7. The summed E-state index contributed by atoms with van der Waals surface area (Å²) in [7, 11) is 1.74. The minimum Gasteiger partial charge on any atom is -0.448 e. The number of amides is 1. The first-order chi connectivity index (χ1) is 8.13. The highest BCUT2D eigenvalue weighted by Gasteiger charge is 2.08. The average Bonchev–Trinajstić information content (AvgIpc) is 2.29. The van der Waals surface area contributed by atoms with E-state index in [1.54, 1.807) is 13.1 Å². The summed E-state index contributed by atoms with van der Waals surface area (Å²) in [6.07, 6.45) is -0.638. The van der Waals surface area contributed by atoms with Gasteiger partial charge in [0.25, 0.3) is 5.69 Å². The Hall–Kier alpha value is -2.15. The maximum absolute atomic E-state index is 11.2. The van der Waals surface area contributed by atoms with E-state index in [9.17, 15) is 14.9 Å². The number of hydrogen-bond donors (Lipinski definition) is 2. The summed E-state index contributed by atoms with van der Waals surface area (Å²) in [5.41, 5.74) is 0.242. The molecule has 1 rings (SSSR count). The van der Waals surface area contributed by atoms with Crippen LogP contribution in [0.15, 0.2) is 24.3 Å². The number of carbonyl (C=O) groups is 1. The van der Waals surface area contributed by atoms with Gasteiger partial charge in [-0.3, -0.25) is 15.4 Å². The Balaban J connectivity index is 2.53. The molecule has 1 aromatic rings. The second-order valence-corrected chi connectivity index (χ2v) is 3.17. The predicted molar refractivity (Wildman–Crippen MR) is 62.0 cm³/mol. The van der Waals surface area contributed by atoms with Crippen LogP contribution in [0.25, 0.3) is 0 Å². The van der Waals surface area contributed by atoms with Crippen LogP contribution in [0.1, 0.15) is 0 Å². The molecule has 0 saturated heterocycles. The van der Waals surface area contributed by atoms with E-state index in [1.807, 2.05) is 0 Å². The molecule has 0 radical (unpaired) electrons. The Bertz CT molecular complexity index is 408. The first kappa shape index (κ1) is 12.9. The van der Waals surface area contributed by atoms with Crippen LogP contribution in [0.3, 0.4) is 0 Å². The van der Waals surface area contributed by atoms with Crippen molar-refractivity contribution in [3.8, 4) is 0 Å². The number of nitro benzene ring substituents is 1. The minimum absolute atomic E-state index is 0.0852. The van der Waals surface area contributed by atoms with E-state index in [2.05, 4.69) is 10.6 Å². The number of non-ortho nitro benzene ring substituents is 1. The molecule has 0 aliphatic carbocycles. The summed E-state index contributed by atoms with van der Waals surface area (Å²) in [5, 5.41) is 15.7. The molecule has 7 nitrogen and oxygen atoms in total. The second kappa shape index (κ2) is 6.44. The SMILES string of the molecule is CNCCOC(=O)Nc1cccc([N+](=O)[O-])c1. The van der Waals surface area contributed by atoms with Crippen molar-refractivity contribution in [1.82, 2.24) is 5.32 Å². The first-order valence-corrected chi connectivity index (χ1v) is 4.96. The van der Waals surface area contributed by atoms with Gasteiger partial charge in [0.1, 0.15) is 6.61 Å². The fraction of sp³-hybridized carbons (Fsp3) is 0.300. The molecule has 0 aliphatic heterocycles. The van der Waals surface area contributed by atoms with E-state index in [0.717, 1.165) is 0 Å². The fourth-order valence-electron chi connectivity index (χ4n) is 1.10. The number of anilines is 1. The summed E-state index contributed by atoms with van der Waals surface area (Å²) in [6, 6.07) is 5.64. The third kappa shape index (κ3) is 4.47. The standard InChI is InChI=1S/C10H13N3O4/c1-11-5-6-17-10(14)12-8-3-2-4-9(7-8)13(15)16/h2-4,7,11H,5-6H2,1H3,(H,12,14). The Kier molecular flexibility index (Phi) is 4.89. The molecular weight excluding hydrogens is 226 g/mol. The molecule has 0 aliphatic rings. The van der Waals surface area contributed by atoms with Gasteiger partial charge in [0.15, 0.2) is 0 Å². The second-order valence-electron chi connectivity index (χ2n) is 3.17. The van der Waals surface area contributed by atoms with Crippen molar-refractivity contribution in [3.63, 3.8) is 0 Å². The number of rotatable bonds is 5. The molecule has 0 aromatic heterocycles. The van der Waals surface area contributed by atoms with Crippen LogP contribution in [0.5, 0.6) is 0 Å². The van der Waals surface area contributed by atoms with Crippen LogP contribution in [-0.2, 0) is 4.74 Å². The largest absolute Gasteiger partial charge is 0.448 e. The third-order valence-electron chi connectivity index (χ3n) is 1.89. The molecule has 0 bridgehead atoms. The van der Waals surface area contributed by atoms with Gasteiger partial charge in [0, 0.05) is 18.7 Å². The number of likely N-dealkylation sites (N-methyl/N-ethyl adjacent to an activating group) is 1. The van der Waals surface area contributed by atoms with Crippen LogP contribution in [0.2, 0.25) is 0 Å². The van der Waals surface area contributed by atoms with E-state index in [1.165, 1.54) is 18.2 Å². The molecule has 1 amide bonds. The normalized spacial score (nSPS) is 9.71. The molecule has 0 atom stereocenters. The summed E-state index contributed by atoms with van der Waals surface area (Å²) in [6.45, 7) is 0.777. The van der Waals surface area contributed by atoms with Crippen molar-refractivity contribution in [2.24, 2.45) is 0 Å². The molecule has 0 saturated carbocycles. The molecule has 0 fully saturated rings. The first-order valence-electron chi connectivity index (χ1n) is 4.96. The number of nitro groups is 1. The number of nitrogens with one attached hydrogen (secondary N) is 2. The number of carbonyl (C=O) groups excluding carboxylic acids is 1. The quantitative estimate of drug-likeness (QED) is 0.459. The molecule has 0 spiro atoms. The lowest BCUT2D eigenvalue weighted by Gasteiger charge is -2.06. The average molecular weight is 239 g/mol. The highest BCUT2D eigenvalue weighted by Crippen LogP contribution is 2.16. The Morgan fingerprint density at radius 2 is 2.29 bits per heavy atom. The lowest BCUT2D eigenvalue weighted by molar-refractivity contribution is -0.384. The lowest BCUT2D eigenvalue weighted by Crippen LogP contribution is -2.20. The molecule has 92 valence electrons. The van der Waals surface area contributed by atoms with Crippen LogP contribution in [-0.4, -0.2) is 31.2 Å². The number of benzene rings is 1. The summed E-state index contributed by atoms with van der Waals surface area (Å²) in [5.74, 6) is 0. The summed E-state index contributed by atoms with van der Waals surface area (Å²) < 4.78 is 4.80. The minimum atomic E-state index is -0.638. The molecule has 7 heteroatoms. The number of hydrogen-bond acceptors (Lipinski definition) is 5. The number of nitrogens with zero attached hydrogens (tertiary/aromatic N) is 1. The van der Waals surface area contributed by atoms with E-state index in [0.29, 0.717) is 12.2 Å². The van der Waals surface area contributed by atoms with Gasteiger partial charge >= 0.3 is 6.09 Å². The fourth-order valence-corrected chi connectivity index (χ4v) is 1.10. The Morgan fingerprint density at radius 1 is 1.53 bits per heavy atom. The smallest absolute Gasteiger partial charge is 0.411 e. The molecule has 0 heterocycles. The van der Waals surface area contributed by atoms with E-state index in [-0.39, 0.29) is 12.3 Å². The van der Waals surface area contributed by atoms with Gasteiger partial charge in [0.2, 0.25) is 0 Å². The van der Waals surface area contributed by atoms with Crippen molar-refractivity contribution in [3.05, 3.63) is 34.4 Å². The Labute approximate surface area is 97.9 Å². The zero-order valence-electron chi connectivity index (χ0n) is 9.30. The highest BCUT2D eigenvalue weighted by molar-refractivity contribution is 5.85. The van der Waals surface area contributed by atoms with E-state index < -0.39 is 11.0 Å². The molecule has 17 heavy (non-hydrogen) atoms. The molecule has 1 aromatic carbocycles. The molecular formula is C10H13N3O4. The van der Waals surface area contributed by atoms with Crippen LogP contribution >= 0.6 is 0 Å². The van der Waals surface area contributed by atoms with Gasteiger partial charge in [-0.2, -0.15) is 0 Å². The van der Waals surface area contributed by atoms with Crippen molar-refractivity contribution in [2.45, 2.75) is 0 Å². The van der Waals surface area contributed by atoms with E-state index >= 15 is 0 Å². The van der Waals surface area contributed by atoms with Crippen LogP contribution < -0.4 is 10.6 Å². The number of ether oxygens (including phenoxy) is 1. The van der Waals surface area contributed by atoms with Crippen molar-refractivity contribution in [2.75, 3.05) is 25.5 Å². The lowest BCUT2D eigenvalue weighted by atomic mass is 10.3. The molecule has 2 N–H and O–H groups in total.